The van der Waals surface area contributed by atoms with Gasteiger partial charge in [0.1, 0.15) is 11.6 Å². The fourth-order valence-electron chi connectivity index (χ4n) is 4.56. The molecule has 0 amide bonds. The zero-order valence-electron chi connectivity index (χ0n) is 20.2. The van der Waals surface area contributed by atoms with Gasteiger partial charge in [0.15, 0.2) is 23.3 Å². The number of allylic oxidation sites excluding steroid dienone is 4. The molecule has 0 saturated carbocycles. The van der Waals surface area contributed by atoms with Crippen LogP contribution in [0.25, 0.3) is 27.9 Å². The van der Waals surface area contributed by atoms with Gasteiger partial charge in [-0.15, -0.1) is 0 Å². The maximum Gasteiger partial charge on any atom is 0.251 e. The molecule has 4 aromatic rings. The van der Waals surface area contributed by atoms with Crippen molar-refractivity contribution in [1.82, 2.24) is 30.2 Å². The molecule has 0 bridgehead atoms. The van der Waals surface area contributed by atoms with Crippen molar-refractivity contribution >= 4 is 33.9 Å². The smallest absolute Gasteiger partial charge is 0.251 e. The molecule has 6 rings (SSSR count). The topological polar surface area (TPSA) is 101 Å². The third kappa shape index (κ3) is 4.80. The molecule has 38 heavy (non-hydrogen) atoms. The molecule has 11 heteroatoms. The molecule has 3 N–H and O–H groups in total. The average molecular weight is 517 g/mol. The largest absolute Gasteiger partial charge is 0.367 e. The summed E-state index contributed by atoms with van der Waals surface area (Å²) in [6.07, 6.45) is 14.1. The number of hydrogen-bond donors (Lipinski definition) is 3. The maximum atomic E-state index is 14.1. The molecule has 8 nitrogen and oxygen atoms in total. The van der Waals surface area contributed by atoms with E-state index in [-0.39, 0.29) is 11.9 Å². The van der Waals surface area contributed by atoms with Gasteiger partial charge in [-0.05, 0) is 50.1 Å². The summed E-state index contributed by atoms with van der Waals surface area (Å²) in [5.41, 5.74) is 3.26. The summed E-state index contributed by atoms with van der Waals surface area (Å²) in [7, 11) is 0. The van der Waals surface area contributed by atoms with Crippen LogP contribution in [0.3, 0.4) is 0 Å². The summed E-state index contributed by atoms with van der Waals surface area (Å²) >= 11 is 0. The van der Waals surface area contributed by atoms with Crippen LogP contribution in [0.1, 0.15) is 24.8 Å². The number of fused-ring (bicyclic) bond motifs is 1. The minimum Gasteiger partial charge on any atom is -0.367 e. The van der Waals surface area contributed by atoms with Gasteiger partial charge in [-0.2, -0.15) is 9.37 Å². The van der Waals surface area contributed by atoms with Crippen molar-refractivity contribution in [3.8, 4) is 11.4 Å². The minimum absolute atomic E-state index is 0.171. The molecule has 0 radical (unpaired) electrons. The first-order valence-electron chi connectivity index (χ1n) is 12.3. The van der Waals surface area contributed by atoms with E-state index in [0.29, 0.717) is 28.8 Å². The molecule has 1 saturated heterocycles. The van der Waals surface area contributed by atoms with Gasteiger partial charge in [0.25, 0.3) is 5.95 Å². The van der Waals surface area contributed by atoms with Crippen LogP contribution >= 0.6 is 0 Å². The monoisotopic (exact) mass is 516 g/mol. The first kappa shape index (κ1) is 24.0. The maximum absolute atomic E-state index is 14.1. The Balaban J connectivity index is 1.40. The molecule has 1 fully saturated rings. The van der Waals surface area contributed by atoms with Crippen molar-refractivity contribution in [2.75, 3.05) is 23.7 Å². The lowest BCUT2D eigenvalue weighted by Crippen LogP contribution is -2.22. The Morgan fingerprint density at radius 3 is 2.68 bits per heavy atom. The normalized spacial score (nSPS) is 17.0. The number of aromatic nitrogens is 5. The Kier molecular flexibility index (Phi) is 6.42. The van der Waals surface area contributed by atoms with E-state index in [1.807, 2.05) is 24.4 Å². The first-order chi connectivity index (χ1) is 18.5. The van der Waals surface area contributed by atoms with E-state index in [0.717, 1.165) is 48.9 Å². The lowest BCUT2D eigenvalue weighted by Gasteiger charge is -2.20. The van der Waals surface area contributed by atoms with Crippen LogP contribution in [0, 0.1) is 17.6 Å². The van der Waals surface area contributed by atoms with E-state index in [1.165, 1.54) is 6.20 Å². The Morgan fingerprint density at radius 1 is 0.947 bits per heavy atom. The highest BCUT2D eigenvalue weighted by Crippen LogP contribution is 2.34. The number of hydrogen-bond acceptors (Lipinski definition) is 8. The zero-order valence-corrected chi connectivity index (χ0v) is 20.2. The molecular formula is C27H23F3N8. The van der Waals surface area contributed by atoms with Gasteiger partial charge in [0.05, 0.1) is 17.1 Å². The van der Waals surface area contributed by atoms with Crippen molar-refractivity contribution in [1.29, 1.82) is 0 Å². The van der Waals surface area contributed by atoms with Gasteiger partial charge in [-0.1, -0.05) is 18.2 Å². The number of rotatable bonds is 6. The lowest BCUT2D eigenvalue weighted by molar-refractivity contribution is 0.467. The number of nitrogens with one attached hydrogen (secondary N) is 3. The molecule has 5 heterocycles. The van der Waals surface area contributed by atoms with Crippen LogP contribution in [0.2, 0.25) is 0 Å². The van der Waals surface area contributed by atoms with Gasteiger partial charge in [-0.25, -0.2) is 23.7 Å². The van der Waals surface area contributed by atoms with Crippen LogP contribution in [0.15, 0.2) is 55.0 Å². The predicted octanol–water partition coefficient (Wildman–Crippen LogP) is 5.15. The first-order valence-corrected chi connectivity index (χ1v) is 12.3. The van der Waals surface area contributed by atoms with Gasteiger partial charge in [0.2, 0.25) is 0 Å². The molecule has 1 aliphatic carbocycles. The Labute approximate surface area is 216 Å². The summed E-state index contributed by atoms with van der Waals surface area (Å²) < 4.78 is 41.0. The molecule has 1 unspecified atom stereocenters. The number of pyridine rings is 3. The highest BCUT2D eigenvalue weighted by Gasteiger charge is 2.20. The van der Waals surface area contributed by atoms with E-state index in [4.69, 9.17) is 9.97 Å². The van der Waals surface area contributed by atoms with Crippen LogP contribution in [0.4, 0.5) is 30.6 Å². The minimum atomic E-state index is -1.41. The van der Waals surface area contributed by atoms with Gasteiger partial charge in [-0.3, -0.25) is 4.98 Å². The van der Waals surface area contributed by atoms with Crippen molar-refractivity contribution in [2.45, 2.75) is 25.3 Å². The van der Waals surface area contributed by atoms with Gasteiger partial charge >= 0.3 is 0 Å². The standard InChI is InChI=1S/C27H23F3N8/c28-19-12-20(29)26(37-24(19)30)36-22-11-16(6-10-33-22)25-35-21-14-32-13-18(15-3-1-4-15)23(21)27(38-25)34-17-5-2-8-31-9-7-17/h1,3-4,6,10-14,17,31H,2,5,7-9H2,(H,33,36,37)(H,34,35,38). The molecule has 4 aromatic heterocycles. The fraction of sp³-hybridized carbons (Fsp3) is 0.222. The second-order valence-electron chi connectivity index (χ2n) is 9.13. The molecule has 0 aromatic carbocycles. The third-order valence-electron chi connectivity index (χ3n) is 6.54. The van der Waals surface area contributed by atoms with Crippen LogP contribution in [0.5, 0.6) is 0 Å². The highest BCUT2D eigenvalue weighted by atomic mass is 19.2. The van der Waals surface area contributed by atoms with Crippen molar-refractivity contribution in [2.24, 2.45) is 0 Å². The Morgan fingerprint density at radius 2 is 1.84 bits per heavy atom. The summed E-state index contributed by atoms with van der Waals surface area (Å²) in [6.45, 7) is 1.91. The SMILES string of the molecule is Fc1cc(F)c(Nc2cc(-c3nc(NC4CCCNCC4)c4c(C5=CC=C5)cncc4n3)ccn2)nc1F. The molecule has 192 valence electrons. The average Bonchev–Trinajstić information content (AvgIpc) is 3.15. The van der Waals surface area contributed by atoms with Crippen molar-refractivity contribution in [3.63, 3.8) is 0 Å². The van der Waals surface area contributed by atoms with E-state index in [2.05, 4.69) is 30.9 Å². The Hall–Kier alpha value is -4.38. The summed E-state index contributed by atoms with van der Waals surface area (Å²) in [4.78, 5) is 21.6. The predicted molar refractivity (Wildman–Crippen MR) is 139 cm³/mol. The zero-order chi connectivity index (χ0) is 26.1. The van der Waals surface area contributed by atoms with E-state index >= 15 is 0 Å². The fourth-order valence-corrected chi connectivity index (χ4v) is 4.56. The lowest BCUT2D eigenvalue weighted by atomic mass is 9.97. The van der Waals surface area contributed by atoms with E-state index < -0.39 is 23.4 Å². The van der Waals surface area contributed by atoms with E-state index in [1.54, 1.807) is 18.3 Å². The number of anilines is 3. The van der Waals surface area contributed by atoms with Gasteiger partial charge < -0.3 is 16.0 Å². The van der Waals surface area contributed by atoms with Crippen LogP contribution in [-0.2, 0) is 0 Å². The second-order valence-corrected chi connectivity index (χ2v) is 9.13. The number of nitrogens with zero attached hydrogens (tertiary/aromatic N) is 5. The Bertz CT molecular complexity index is 1580. The molecule has 0 spiro atoms. The van der Waals surface area contributed by atoms with Crippen LogP contribution < -0.4 is 16.0 Å². The molecule has 1 aliphatic heterocycles. The third-order valence-corrected chi connectivity index (χ3v) is 6.54. The molecule has 1 atom stereocenters. The second kappa shape index (κ2) is 10.2. The number of halogens is 3. The van der Waals surface area contributed by atoms with Crippen molar-refractivity contribution in [3.05, 3.63) is 78.2 Å². The van der Waals surface area contributed by atoms with Crippen LogP contribution in [-0.4, -0.2) is 44.1 Å². The summed E-state index contributed by atoms with van der Waals surface area (Å²) in [5.74, 6) is -3.02. The summed E-state index contributed by atoms with van der Waals surface area (Å²) in [5, 5.41) is 10.6. The van der Waals surface area contributed by atoms with Gasteiger partial charge in [0, 0.05) is 35.6 Å². The molecular weight excluding hydrogens is 493 g/mol. The molecule has 2 aliphatic rings. The van der Waals surface area contributed by atoms with Crippen molar-refractivity contribution < 1.29 is 13.2 Å². The summed E-state index contributed by atoms with van der Waals surface area (Å²) in [6, 6.07) is 3.98. The quantitative estimate of drug-likeness (QED) is 0.303. The van der Waals surface area contributed by atoms with E-state index in [9.17, 15) is 13.2 Å². The highest BCUT2D eigenvalue weighted by molar-refractivity contribution is 6.02.